The number of nitrogens with zero attached hydrogens (tertiary/aromatic N) is 2. The van der Waals surface area contributed by atoms with Gasteiger partial charge in [0, 0.05) is 0 Å². The third kappa shape index (κ3) is 3.35. The minimum Gasteiger partial charge on any atom is -0.508 e. The standard InChI is InChI=1S/C22H16N4O4S/c23-10-15-17(12-3-7-14(28)8-4-12)18(20(25)29)22-26(19(15)24)21(30)16(31-22)9-11-1-5-13(27)6-2-11/h1-9,17,27-28H,24H2,(H2,25,29)/b16-9-/t17-/m1/s1. The summed E-state index contributed by atoms with van der Waals surface area (Å²) in [6.07, 6.45) is 1.60. The van der Waals surface area contributed by atoms with E-state index in [1.807, 2.05) is 6.07 Å². The predicted octanol–water partition coefficient (Wildman–Crippen LogP) is 0.234. The Morgan fingerprint density at radius 2 is 1.68 bits per heavy atom. The van der Waals surface area contributed by atoms with Crippen LogP contribution in [-0.2, 0) is 4.79 Å². The molecule has 0 unspecified atom stereocenters. The molecule has 0 fully saturated rings. The van der Waals surface area contributed by atoms with Crippen molar-refractivity contribution in [2.75, 3.05) is 0 Å². The van der Waals surface area contributed by atoms with Crippen LogP contribution in [0.5, 0.6) is 11.5 Å². The number of fused-ring (bicyclic) bond motifs is 1. The van der Waals surface area contributed by atoms with Crippen LogP contribution in [-0.4, -0.2) is 20.7 Å². The Labute approximate surface area is 179 Å². The summed E-state index contributed by atoms with van der Waals surface area (Å²) in [5.74, 6) is -1.62. The summed E-state index contributed by atoms with van der Waals surface area (Å²) in [6.45, 7) is 0. The number of carbonyl (C=O) groups is 1. The van der Waals surface area contributed by atoms with Crippen LogP contribution in [0.3, 0.4) is 0 Å². The average Bonchev–Trinajstić information content (AvgIpc) is 3.06. The highest BCUT2D eigenvalue weighted by Gasteiger charge is 2.34. The lowest BCUT2D eigenvalue weighted by Gasteiger charge is -2.24. The molecule has 0 saturated carbocycles. The number of hydrogen-bond acceptors (Lipinski definition) is 7. The number of amides is 1. The minimum absolute atomic E-state index is 0.0167. The molecule has 9 heteroatoms. The van der Waals surface area contributed by atoms with Gasteiger partial charge in [-0.2, -0.15) is 5.26 Å². The van der Waals surface area contributed by atoms with Gasteiger partial charge >= 0.3 is 0 Å². The van der Waals surface area contributed by atoms with E-state index in [1.54, 1.807) is 30.3 Å². The Bertz CT molecular complexity index is 1460. The Hall–Kier alpha value is -4.29. The van der Waals surface area contributed by atoms with Gasteiger partial charge in [0.1, 0.15) is 22.0 Å². The molecule has 2 aromatic carbocycles. The van der Waals surface area contributed by atoms with E-state index in [1.165, 1.54) is 24.3 Å². The maximum Gasteiger partial charge on any atom is 0.274 e. The van der Waals surface area contributed by atoms with E-state index in [0.29, 0.717) is 11.1 Å². The summed E-state index contributed by atoms with van der Waals surface area (Å²) in [5, 5.41) is 28.8. The van der Waals surface area contributed by atoms with Gasteiger partial charge in [0.15, 0.2) is 0 Å². The van der Waals surface area contributed by atoms with Gasteiger partial charge in [0.05, 0.1) is 27.7 Å². The first-order valence-corrected chi connectivity index (χ1v) is 9.89. The Morgan fingerprint density at radius 3 is 2.23 bits per heavy atom. The molecule has 1 aliphatic heterocycles. The molecule has 4 rings (SSSR count). The normalized spacial score (nSPS) is 16.2. The zero-order chi connectivity index (χ0) is 22.3. The van der Waals surface area contributed by atoms with E-state index in [4.69, 9.17) is 11.5 Å². The van der Waals surface area contributed by atoms with Gasteiger partial charge in [-0.05, 0) is 41.5 Å². The van der Waals surface area contributed by atoms with E-state index in [-0.39, 0.29) is 37.7 Å². The van der Waals surface area contributed by atoms with Crippen molar-refractivity contribution in [1.82, 2.24) is 4.57 Å². The highest BCUT2D eigenvalue weighted by atomic mass is 32.1. The third-order valence-electron chi connectivity index (χ3n) is 4.95. The van der Waals surface area contributed by atoms with Crippen molar-refractivity contribution in [2.45, 2.75) is 5.92 Å². The van der Waals surface area contributed by atoms with E-state index < -0.39 is 17.4 Å². The van der Waals surface area contributed by atoms with Crippen LogP contribution in [0, 0.1) is 11.3 Å². The zero-order valence-corrected chi connectivity index (χ0v) is 16.8. The van der Waals surface area contributed by atoms with Crippen molar-refractivity contribution in [3.05, 3.63) is 84.8 Å². The second-order valence-corrected chi connectivity index (χ2v) is 7.89. The lowest BCUT2D eigenvalue weighted by molar-refractivity contribution is -0.113. The molecule has 1 amide bonds. The van der Waals surface area contributed by atoms with Gasteiger partial charge in [-0.1, -0.05) is 24.3 Å². The lowest BCUT2D eigenvalue weighted by Crippen LogP contribution is -2.41. The molecule has 31 heavy (non-hydrogen) atoms. The topological polar surface area (TPSA) is 155 Å². The van der Waals surface area contributed by atoms with Crippen LogP contribution in [0.2, 0.25) is 0 Å². The maximum absolute atomic E-state index is 13.1. The molecular formula is C22H16N4O4S. The van der Waals surface area contributed by atoms with Gasteiger partial charge in [0.2, 0.25) is 5.91 Å². The molecule has 1 atom stereocenters. The fourth-order valence-electron chi connectivity index (χ4n) is 3.51. The summed E-state index contributed by atoms with van der Waals surface area (Å²) in [5.41, 5.74) is 12.7. The predicted molar refractivity (Wildman–Crippen MR) is 116 cm³/mol. The van der Waals surface area contributed by atoms with Gasteiger partial charge in [-0.15, -0.1) is 11.3 Å². The number of aromatic hydroxyl groups is 2. The number of carbonyl (C=O) groups excluding carboxylic acids is 1. The Morgan fingerprint density at radius 1 is 1.10 bits per heavy atom. The summed E-state index contributed by atoms with van der Waals surface area (Å²) in [4.78, 5) is 25.6. The van der Waals surface area contributed by atoms with Crippen LogP contribution in [0.25, 0.3) is 17.5 Å². The molecule has 0 bridgehead atoms. The highest BCUT2D eigenvalue weighted by Crippen LogP contribution is 2.36. The number of aromatic nitrogens is 1. The Kier molecular flexibility index (Phi) is 4.85. The largest absolute Gasteiger partial charge is 0.508 e. The van der Waals surface area contributed by atoms with Crippen molar-refractivity contribution < 1.29 is 15.0 Å². The number of benzene rings is 2. The molecule has 0 spiro atoms. The van der Waals surface area contributed by atoms with Crippen LogP contribution in [0.4, 0.5) is 0 Å². The van der Waals surface area contributed by atoms with Crippen molar-refractivity contribution in [2.24, 2.45) is 11.5 Å². The second kappa shape index (κ2) is 7.51. The second-order valence-electron chi connectivity index (χ2n) is 6.86. The molecule has 1 aliphatic rings. The van der Waals surface area contributed by atoms with Crippen molar-refractivity contribution in [1.29, 1.82) is 5.26 Å². The molecule has 0 aliphatic carbocycles. The Balaban J connectivity index is 2.07. The average molecular weight is 432 g/mol. The number of nitrogens with two attached hydrogens (primary N) is 2. The SMILES string of the molecule is N#CC1=C(N)n2c(s/c(=C\c3ccc(O)cc3)c2=O)=C(C(N)=O)[C@@H]1c1ccc(O)cc1. The third-order valence-corrected chi connectivity index (χ3v) is 6.06. The first-order valence-electron chi connectivity index (χ1n) is 9.07. The van der Waals surface area contributed by atoms with E-state index in [9.17, 15) is 25.1 Å². The van der Waals surface area contributed by atoms with Crippen LogP contribution < -0.4 is 26.2 Å². The zero-order valence-electron chi connectivity index (χ0n) is 15.9. The summed E-state index contributed by atoms with van der Waals surface area (Å²) >= 11 is 1.04. The molecular weight excluding hydrogens is 416 g/mol. The molecule has 154 valence electrons. The van der Waals surface area contributed by atoms with Gasteiger partial charge in [-0.3, -0.25) is 14.2 Å². The summed E-state index contributed by atoms with van der Waals surface area (Å²) in [6, 6.07) is 14.2. The fourth-order valence-corrected chi connectivity index (χ4v) is 4.69. The van der Waals surface area contributed by atoms with Crippen LogP contribution in [0.15, 0.2) is 58.9 Å². The minimum atomic E-state index is -0.873. The number of allylic oxidation sites excluding steroid dienone is 1. The number of nitriles is 1. The smallest absolute Gasteiger partial charge is 0.274 e. The monoisotopic (exact) mass is 432 g/mol. The molecule has 6 N–H and O–H groups in total. The summed E-state index contributed by atoms with van der Waals surface area (Å²) in [7, 11) is 0. The quantitative estimate of drug-likeness (QED) is 0.464. The van der Waals surface area contributed by atoms with Crippen LogP contribution >= 0.6 is 11.3 Å². The molecule has 3 aromatic rings. The number of primary amides is 1. The van der Waals surface area contributed by atoms with Gasteiger partial charge in [0.25, 0.3) is 5.56 Å². The summed E-state index contributed by atoms with van der Waals surface area (Å²) < 4.78 is 1.66. The number of thiazole rings is 1. The molecule has 0 radical (unpaired) electrons. The van der Waals surface area contributed by atoms with Crippen molar-refractivity contribution in [3.63, 3.8) is 0 Å². The molecule has 0 saturated heterocycles. The molecule has 8 nitrogen and oxygen atoms in total. The first kappa shape index (κ1) is 20.0. The molecule has 2 heterocycles. The van der Waals surface area contributed by atoms with E-state index in [2.05, 4.69) is 0 Å². The number of phenolic OH excluding ortho intramolecular Hbond substituents is 2. The number of hydrogen-bond donors (Lipinski definition) is 4. The van der Waals surface area contributed by atoms with Crippen molar-refractivity contribution >= 4 is 34.7 Å². The first-order chi connectivity index (χ1) is 14.8. The maximum atomic E-state index is 13.1. The van der Waals surface area contributed by atoms with Gasteiger partial charge in [-0.25, -0.2) is 0 Å². The lowest BCUT2D eigenvalue weighted by atomic mass is 9.83. The number of rotatable bonds is 3. The number of phenols is 2. The van der Waals surface area contributed by atoms with Gasteiger partial charge < -0.3 is 21.7 Å². The van der Waals surface area contributed by atoms with E-state index in [0.717, 1.165) is 15.9 Å². The van der Waals surface area contributed by atoms with E-state index >= 15 is 0 Å². The fraction of sp³-hybridized carbons (Fsp3) is 0.0455. The van der Waals surface area contributed by atoms with Crippen LogP contribution in [0.1, 0.15) is 17.0 Å². The highest BCUT2D eigenvalue weighted by molar-refractivity contribution is 7.07. The molecule has 1 aromatic heterocycles. The van der Waals surface area contributed by atoms with Crippen molar-refractivity contribution in [3.8, 4) is 17.6 Å².